The monoisotopic (exact) mass is 176 g/mol. The normalized spacial score (nSPS) is 10.4. The molecular formula is C12H16O. The van der Waals surface area contributed by atoms with Gasteiger partial charge in [-0.2, -0.15) is 0 Å². The summed E-state index contributed by atoms with van der Waals surface area (Å²) in [4.78, 5) is 11.4. The molecule has 0 N–H and O–H groups in total. The van der Waals surface area contributed by atoms with Crippen LogP contribution in [0, 0.1) is 5.92 Å². The first-order chi connectivity index (χ1) is 6.18. The van der Waals surface area contributed by atoms with Gasteiger partial charge in [0.05, 0.1) is 0 Å². The third kappa shape index (κ3) is 3.88. The highest BCUT2D eigenvalue weighted by Crippen LogP contribution is 2.06. The third-order valence-corrected chi connectivity index (χ3v) is 1.88. The lowest BCUT2D eigenvalue weighted by Crippen LogP contribution is -2.05. The van der Waals surface area contributed by atoms with Crippen molar-refractivity contribution < 1.29 is 4.79 Å². The fourth-order valence-corrected chi connectivity index (χ4v) is 1.35. The van der Waals surface area contributed by atoms with E-state index in [2.05, 4.69) is 13.8 Å². The van der Waals surface area contributed by atoms with Gasteiger partial charge in [-0.1, -0.05) is 44.2 Å². The molecule has 1 aromatic carbocycles. The first-order valence-corrected chi connectivity index (χ1v) is 4.74. The lowest BCUT2D eigenvalue weighted by molar-refractivity contribution is -0.119. The second kappa shape index (κ2) is 4.80. The molecule has 0 saturated carbocycles. The van der Waals surface area contributed by atoms with E-state index in [0.717, 1.165) is 5.56 Å². The fraction of sp³-hybridized carbons (Fsp3) is 0.417. The second-order valence-electron chi connectivity index (χ2n) is 3.80. The highest BCUT2D eigenvalue weighted by atomic mass is 16.1. The molecule has 70 valence electrons. The Morgan fingerprint density at radius 3 is 2.38 bits per heavy atom. The molecule has 0 unspecified atom stereocenters. The molecule has 1 rings (SSSR count). The lowest BCUT2D eigenvalue weighted by atomic mass is 10.0. The zero-order valence-electron chi connectivity index (χ0n) is 8.29. The Hall–Kier alpha value is -1.11. The zero-order valence-corrected chi connectivity index (χ0v) is 8.29. The minimum Gasteiger partial charge on any atom is -0.299 e. The summed E-state index contributed by atoms with van der Waals surface area (Å²) >= 11 is 0. The predicted molar refractivity (Wildman–Crippen MR) is 54.6 cm³/mol. The number of hydrogen-bond donors (Lipinski definition) is 0. The first kappa shape index (κ1) is 9.97. The quantitative estimate of drug-likeness (QED) is 0.689. The number of carbonyl (C=O) groups is 1. The van der Waals surface area contributed by atoms with E-state index < -0.39 is 0 Å². The molecule has 0 fully saturated rings. The van der Waals surface area contributed by atoms with E-state index in [0.29, 0.717) is 24.5 Å². The van der Waals surface area contributed by atoms with Crippen LogP contribution in [-0.4, -0.2) is 5.78 Å². The van der Waals surface area contributed by atoms with Crippen LogP contribution in [0.1, 0.15) is 25.8 Å². The number of benzene rings is 1. The van der Waals surface area contributed by atoms with E-state index in [1.165, 1.54) is 0 Å². The highest BCUT2D eigenvalue weighted by Gasteiger charge is 2.05. The summed E-state index contributed by atoms with van der Waals surface area (Å²) in [6, 6.07) is 9.91. The first-order valence-electron chi connectivity index (χ1n) is 4.74. The number of Topliss-reactive ketones (excluding diaryl/α,β-unsaturated/α-hetero) is 1. The van der Waals surface area contributed by atoms with Crippen molar-refractivity contribution in [2.24, 2.45) is 5.92 Å². The van der Waals surface area contributed by atoms with Crippen LogP contribution in [-0.2, 0) is 11.2 Å². The SMILES string of the molecule is CC(C)CC(=O)Cc1ccccc1. The molecule has 0 heterocycles. The van der Waals surface area contributed by atoms with Crippen LogP contribution in [0.5, 0.6) is 0 Å². The maximum Gasteiger partial charge on any atom is 0.137 e. The van der Waals surface area contributed by atoms with Crippen molar-refractivity contribution in [2.45, 2.75) is 26.7 Å². The van der Waals surface area contributed by atoms with Gasteiger partial charge in [0.25, 0.3) is 0 Å². The Bertz CT molecular complexity index is 262. The third-order valence-electron chi connectivity index (χ3n) is 1.88. The molecule has 0 atom stereocenters. The average Bonchev–Trinajstić information content (AvgIpc) is 2.04. The highest BCUT2D eigenvalue weighted by molar-refractivity contribution is 5.80. The summed E-state index contributed by atoms with van der Waals surface area (Å²) in [5, 5.41) is 0. The Balaban J connectivity index is 2.46. The topological polar surface area (TPSA) is 17.1 Å². The van der Waals surface area contributed by atoms with Crippen molar-refractivity contribution in [1.82, 2.24) is 0 Å². The van der Waals surface area contributed by atoms with Crippen LogP contribution in [0.4, 0.5) is 0 Å². The Morgan fingerprint density at radius 1 is 1.23 bits per heavy atom. The Labute approximate surface area is 79.8 Å². The van der Waals surface area contributed by atoms with Gasteiger partial charge in [-0.25, -0.2) is 0 Å². The summed E-state index contributed by atoms with van der Waals surface area (Å²) in [7, 11) is 0. The van der Waals surface area contributed by atoms with Crippen LogP contribution >= 0.6 is 0 Å². The summed E-state index contributed by atoms with van der Waals surface area (Å²) < 4.78 is 0. The molecule has 1 heteroatoms. The molecule has 13 heavy (non-hydrogen) atoms. The molecule has 0 aliphatic rings. The number of hydrogen-bond acceptors (Lipinski definition) is 1. The lowest BCUT2D eigenvalue weighted by Gasteiger charge is -2.03. The summed E-state index contributed by atoms with van der Waals surface area (Å²) in [6.45, 7) is 4.14. The average molecular weight is 176 g/mol. The molecule has 0 spiro atoms. The van der Waals surface area contributed by atoms with Crippen molar-refractivity contribution in [3.8, 4) is 0 Å². The van der Waals surface area contributed by atoms with E-state index in [1.807, 2.05) is 30.3 Å². The number of carbonyl (C=O) groups excluding carboxylic acids is 1. The van der Waals surface area contributed by atoms with Gasteiger partial charge >= 0.3 is 0 Å². The van der Waals surface area contributed by atoms with Gasteiger partial charge in [0, 0.05) is 12.8 Å². The Kier molecular flexibility index (Phi) is 3.69. The zero-order chi connectivity index (χ0) is 9.68. The second-order valence-corrected chi connectivity index (χ2v) is 3.80. The van der Waals surface area contributed by atoms with Crippen LogP contribution in [0.15, 0.2) is 30.3 Å². The van der Waals surface area contributed by atoms with E-state index in [1.54, 1.807) is 0 Å². The molecule has 1 nitrogen and oxygen atoms in total. The Morgan fingerprint density at radius 2 is 1.85 bits per heavy atom. The minimum atomic E-state index is 0.334. The molecule has 0 aliphatic heterocycles. The molecule has 0 aromatic heterocycles. The van der Waals surface area contributed by atoms with E-state index in [9.17, 15) is 4.79 Å². The van der Waals surface area contributed by atoms with Gasteiger partial charge < -0.3 is 0 Å². The van der Waals surface area contributed by atoms with Crippen LogP contribution < -0.4 is 0 Å². The largest absolute Gasteiger partial charge is 0.299 e. The van der Waals surface area contributed by atoms with E-state index in [-0.39, 0.29) is 0 Å². The van der Waals surface area contributed by atoms with Gasteiger partial charge in [-0.15, -0.1) is 0 Å². The predicted octanol–water partition coefficient (Wildman–Crippen LogP) is 2.84. The van der Waals surface area contributed by atoms with Gasteiger partial charge in [0.2, 0.25) is 0 Å². The van der Waals surface area contributed by atoms with Crippen molar-refractivity contribution in [1.29, 1.82) is 0 Å². The maximum atomic E-state index is 11.4. The summed E-state index contributed by atoms with van der Waals surface area (Å²) in [5.41, 5.74) is 1.12. The van der Waals surface area contributed by atoms with Crippen molar-refractivity contribution in [2.75, 3.05) is 0 Å². The molecule has 0 radical (unpaired) electrons. The molecule has 1 aromatic rings. The standard InChI is InChI=1S/C12H16O/c1-10(2)8-12(13)9-11-6-4-3-5-7-11/h3-7,10H,8-9H2,1-2H3. The van der Waals surface area contributed by atoms with E-state index in [4.69, 9.17) is 0 Å². The van der Waals surface area contributed by atoms with Crippen LogP contribution in [0.3, 0.4) is 0 Å². The fourth-order valence-electron chi connectivity index (χ4n) is 1.35. The van der Waals surface area contributed by atoms with Gasteiger partial charge in [-0.05, 0) is 11.5 Å². The van der Waals surface area contributed by atoms with Crippen molar-refractivity contribution in [3.05, 3.63) is 35.9 Å². The molecule has 0 bridgehead atoms. The summed E-state index contributed by atoms with van der Waals surface area (Å²) in [5.74, 6) is 0.803. The molecule has 0 saturated heterocycles. The van der Waals surface area contributed by atoms with Gasteiger partial charge in [0.1, 0.15) is 5.78 Å². The molecule has 0 amide bonds. The smallest absolute Gasteiger partial charge is 0.137 e. The van der Waals surface area contributed by atoms with Gasteiger partial charge in [-0.3, -0.25) is 4.79 Å². The van der Waals surface area contributed by atoms with E-state index >= 15 is 0 Å². The van der Waals surface area contributed by atoms with Crippen molar-refractivity contribution >= 4 is 5.78 Å². The maximum absolute atomic E-state index is 11.4. The van der Waals surface area contributed by atoms with Gasteiger partial charge in [0.15, 0.2) is 0 Å². The minimum absolute atomic E-state index is 0.334. The number of rotatable bonds is 4. The van der Waals surface area contributed by atoms with Crippen LogP contribution in [0.2, 0.25) is 0 Å². The molecular weight excluding hydrogens is 160 g/mol. The van der Waals surface area contributed by atoms with Crippen LogP contribution in [0.25, 0.3) is 0 Å². The summed E-state index contributed by atoms with van der Waals surface area (Å²) in [6.07, 6.45) is 1.27. The number of ketones is 1. The molecule has 0 aliphatic carbocycles. The van der Waals surface area contributed by atoms with Crippen molar-refractivity contribution in [3.63, 3.8) is 0 Å².